The zero-order valence-electron chi connectivity index (χ0n) is 13.6. The van der Waals surface area contributed by atoms with Crippen LogP contribution in [0.15, 0.2) is 12.3 Å². The molecule has 120 valence electrons. The summed E-state index contributed by atoms with van der Waals surface area (Å²) >= 11 is 0. The van der Waals surface area contributed by atoms with E-state index in [9.17, 15) is 4.39 Å². The molecule has 1 unspecified atom stereocenters. The molecule has 0 aliphatic carbocycles. The molecule has 21 heavy (non-hydrogen) atoms. The molecule has 0 bridgehead atoms. The fraction of sp³-hybridized carbons (Fsp3) is 0.706. The van der Waals surface area contributed by atoms with Gasteiger partial charge in [0.05, 0.1) is 6.61 Å². The molecule has 1 aromatic heterocycles. The number of hydrogen-bond donors (Lipinski definition) is 1. The van der Waals surface area contributed by atoms with Crippen LogP contribution in [0.3, 0.4) is 0 Å². The van der Waals surface area contributed by atoms with Gasteiger partial charge in [-0.15, -0.1) is 0 Å². The van der Waals surface area contributed by atoms with Crippen molar-refractivity contribution >= 4 is 0 Å². The van der Waals surface area contributed by atoms with E-state index < -0.39 is 0 Å². The molecule has 0 saturated carbocycles. The van der Waals surface area contributed by atoms with E-state index in [0.29, 0.717) is 24.6 Å². The van der Waals surface area contributed by atoms with Gasteiger partial charge < -0.3 is 10.1 Å². The van der Waals surface area contributed by atoms with Gasteiger partial charge in [-0.25, -0.2) is 9.37 Å². The molecular weight excluding hydrogens is 267 g/mol. The van der Waals surface area contributed by atoms with E-state index in [4.69, 9.17) is 4.74 Å². The standard InChI is InChI=1S/C17H29FN2O/c1-4-7-8-14(6-3)13-21-17-16(18)15(9-11-20-17)12-19-10-5-2/h9,11,14,19H,4-8,10,12-13H2,1-3H3. The monoisotopic (exact) mass is 296 g/mol. The molecule has 0 radical (unpaired) electrons. The van der Waals surface area contributed by atoms with E-state index in [0.717, 1.165) is 25.8 Å². The Labute approximate surface area is 128 Å². The summed E-state index contributed by atoms with van der Waals surface area (Å²) in [6.07, 6.45) is 7.21. The SMILES string of the molecule is CCCCC(CC)COc1nccc(CNCCC)c1F. The predicted molar refractivity (Wildman–Crippen MR) is 85.0 cm³/mol. The highest BCUT2D eigenvalue weighted by Crippen LogP contribution is 2.20. The van der Waals surface area contributed by atoms with Gasteiger partial charge in [-0.3, -0.25) is 0 Å². The first-order chi connectivity index (χ1) is 10.2. The van der Waals surface area contributed by atoms with Gasteiger partial charge in [0.1, 0.15) is 0 Å². The second kappa shape index (κ2) is 10.6. The number of aromatic nitrogens is 1. The maximum Gasteiger partial charge on any atom is 0.250 e. The van der Waals surface area contributed by atoms with Gasteiger partial charge in [0.25, 0.3) is 5.88 Å². The quantitative estimate of drug-likeness (QED) is 0.618. The number of rotatable bonds is 11. The van der Waals surface area contributed by atoms with Crippen molar-refractivity contribution in [1.82, 2.24) is 10.3 Å². The molecule has 1 N–H and O–H groups in total. The van der Waals surface area contributed by atoms with Crippen LogP contribution in [0.5, 0.6) is 5.88 Å². The lowest BCUT2D eigenvalue weighted by Crippen LogP contribution is -2.16. The molecule has 4 heteroatoms. The molecule has 0 aromatic carbocycles. The number of nitrogens with zero attached hydrogens (tertiary/aromatic N) is 1. The van der Waals surface area contributed by atoms with Crippen LogP contribution in [0.1, 0.15) is 58.4 Å². The summed E-state index contributed by atoms with van der Waals surface area (Å²) in [6, 6.07) is 1.71. The topological polar surface area (TPSA) is 34.1 Å². The Bertz CT molecular complexity index is 398. The lowest BCUT2D eigenvalue weighted by atomic mass is 10.0. The Hall–Kier alpha value is -1.16. The number of pyridine rings is 1. The summed E-state index contributed by atoms with van der Waals surface area (Å²) in [5, 5.41) is 3.20. The molecule has 1 heterocycles. The van der Waals surface area contributed by atoms with Gasteiger partial charge >= 0.3 is 0 Å². The van der Waals surface area contributed by atoms with E-state index in [1.807, 2.05) is 0 Å². The summed E-state index contributed by atoms with van der Waals surface area (Å²) in [5.41, 5.74) is 0.620. The first-order valence-corrected chi connectivity index (χ1v) is 8.19. The van der Waals surface area contributed by atoms with Gasteiger partial charge in [-0.2, -0.15) is 0 Å². The van der Waals surface area contributed by atoms with Crippen LogP contribution in [0, 0.1) is 11.7 Å². The second-order valence-electron chi connectivity index (χ2n) is 5.49. The average molecular weight is 296 g/mol. The lowest BCUT2D eigenvalue weighted by molar-refractivity contribution is 0.216. The van der Waals surface area contributed by atoms with Crippen molar-refractivity contribution in [3.05, 3.63) is 23.6 Å². The normalized spacial score (nSPS) is 12.4. The molecule has 1 aromatic rings. The number of nitrogens with one attached hydrogen (secondary N) is 1. The van der Waals surface area contributed by atoms with Crippen LogP contribution in [-0.2, 0) is 6.54 Å². The molecule has 0 amide bonds. The fourth-order valence-electron chi connectivity index (χ4n) is 2.19. The molecule has 0 aliphatic rings. The maximum absolute atomic E-state index is 14.3. The summed E-state index contributed by atoms with van der Waals surface area (Å²) in [6.45, 7) is 8.37. The van der Waals surface area contributed by atoms with Gasteiger partial charge in [0.15, 0.2) is 5.82 Å². The molecule has 0 fully saturated rings. The third-order valence-electron chi connectivity index (χ3n) is 3.68. The van der Waals surface area contributed by atoms with E-state index in [2.05, 4.69) is 31.1 Å². The number of hydrogen-bond acceptors (Lipinski definition) is 3. The number of halogens is 1. The van der Waals surface area contributed by atoms with Crippen molar-refractivity contribution < 1.29 is 9.13 Å². The molecule has 0 aliphatic heterocycles. The van der Waals surface area contributed by atoms with Crippen molar-refractivity contribution in [2.45, 2.75) is 59.4 Å². The molecule has 0 spiro atoms. The molecule has 1 rings (SSSR count). The maximum atomic E-state index is 14.3. The van der Waals surface area contributed by atoms with Gasteiger partial charge in [0.2, 0.25) is 0 Å². The minimum absolute atomic E-state index is 0.140. The Balaban J connectivity index is 2.55. The molecule has 1 atom stereocenters. The Morgan fingerprint density at radius 3 is 2.76 bits per heavy atom. The van der Waals surface area contributed by atoms with Crippen LogP contribution in [0.4, 0.5) is 4.39 Å². The highest BCUT2D eigenvalue weighted by molar-refractivity contribution is 5.23. The zero-order chi connectivity index (χ0) is 15.5. The van der Waals surface area contributed by atoms with Crippen molar-refractivity contribution in [2.24, 2.45) is 5.92 Å². The van der Waals surface area contributed by atoms with Crippen molar-refractivity contribution in [3.63, 3.8) is 0 Å². The van der Waals surface area contributed by atoms with Crippen LogP contribution in [0.25, 0.3) is 0 Å². The van der Waals surface area contributed by atoms with Gasteiger partial charge in [0, 0.05) is 18.3 Å². The average Bonchev–Trinajstić information content (AvgIpc) is 2.50. The van der Waals surface area contributed by atoms with Crippen LogP contribution in [-0.4, -0.2) is 18.1 Å². The summed E-state index contributed by atoms with van der Waals surface area (Å²) in [7, 11) is 0. The number of ether oxygens (including phenoxy) is 1. The van der Waals surface area contributed by atoms with E-state index in [-0.39, 0.29) is 11.7 Å². The number of unbranched alkanes of at least 4 members (excludes halogenated alkanes) is 1. The van der Waals surface area contributed by atoms with E-state index in [1.165, 1.54) is 12.8 Å². The van der Waals surface area contributed by atoms with Gasteiger partial charge in [-0.05, 0) is 31.4 Å². The Morgan fingerprint density at radius 2 is 2.10 bits per heavy atom. The van der Waals surface area contributed by atoms with Crippen LogP contribution in [0.2, 0.25) is 0 Å². The van der Waals surface area contributed by atoms with Crippen LogP contribution < -0.4 is 10.1 Å². The summed E-state index contributed by atoms with van der Waals surface area (Å²) in [4.78, 5) is 4.03. The third kappa shape index (κ3) is 6.42. The van der Waals surface area contributed by atoms with Crippen LogP contribution >= 0.6 is 0 Å². The van der Waals surface area contributed by atoms with E-state index >= 15 is 0 Å². The minimum Gasteiger partial charge on any atom is -0.475 e. The first-order valence-electron chi connectivity index (χ1n) is 8.19. The molecule has 3 nitrogen and oxygen atoms in total. The van der Waals surface area contributed by atoms with Crippen molar-refractivity contribution in [2.75, 3.05) is 13.2 Å². The summed E-state index contributed by atoms with van der Waals surface area (Å²) in [5.74, 6) is 0.292. The summed E-state index contributed by atoms with van der Waals surface area (Å²) < 4.78 is 19.9. The minimum atomic E-state index is -0.327. The fourth-order valence-corrected chi connectivity index (χ4v) is 2.19. The lowest BCUT2D eigenvalue weighted by Gasteiger charge is -2.16. The predicted octanol–water partition coefficient (Wildman–Crippen LogP) is 4.32. The Morgan fingerprint density at radius 1 is 1.29 bits per heavy atom. The molecule has 0 saturated heterocycles. The zero-order valence-corrected chi connectivity index (χ0v) is 13.6. The van der Waals surface area contributed by atoms with Crippen molar-refractivity contribution in [1.29, 1.82) is 0 Å². The third-order valence-corrected chi connectivity index (χ3v) is 3.68. The molecular formula is C17H29FN2O. The van der Waals surface area contributed by atoms with Gasteiger partial charge in [-0.1, -0.05) is 40.0 Å². The largest absolute Gasteiger partial charge is 0.475 e. The van der Waals surface area contributed by atoms with Crippen molar-refractivity contribution in [3.8, 4) is 5.88 Å². The smallest absolute Gasteiger partial charge is 0.250 e. The van der Waals surface area contributed by atoms with E-state index in [1.54, 1.807) is 12.3 Å². The second-order valence-corrected chi connectivity index (χ2v) is 5.49. The highest BCUT2D eigenvalue weighted by atomic mass is 19.1. The highest BCUT2D eigenvalue weighted by Gasteiger charge is 2.13. The first kappa shape index (κ1) is 17.9. The Kier molecular flexibility index (Phi) is 8.99.